The molecule has 1 unspecified atom stereocenters. The summed E-state index contributed by atoms with van der Waals surface area (Å²) in [5.74, 6) is 1.26. The highest BCUT2D eigenvalue weighted by Crippen LogP contribution is 2.23. The van der Waals surface area contributed by atoms with Gasteiger partial charge in [0.2, 0.25) is 0 Å². The van der Waals surface area contributed by atoms with Crippen LogP contribution in [0.1, 0.15) is 43.7 Å². The maximum Gasteiger partial charge on any atom is 0.310 e. The second-order valence-electron chi connectivity index (χ2n) is 5.45. The Morgan fingerprint density at radius 1 is 1.50 bits per heavy atom. The summed E-state index contributed by atoms with van der Waals surface area (Å²) < 4.78 is 5.54. The largest absolute Gasteiger partial charge is 0.481 e. The normalized spacial score (nSPS) is 12.7. The van der Waals surface area contributed by atoms with E-state index in [0.717, 1.165) is 11.1 Å². The van der Waals surface area contributed by atoms with Gasteiger partial charge in [-0.05, 0) is 39.2 Å². The van der Waals surface area contributed by atoms with Crippen LogP contribution in [0.2, 0.25) is 0 Å². The molecule has 3 nitrogen and oxygen atoms in total. The zero-order chi connectivity index (χ0) is 15.2. The van der Waals surface area contributed by atoms with Crippen molar-refractivity contribution in [2.75, 3.05) is 6.61 Å². The molecule has 0 aliphatic rings. The Kier molecular flexibility index (Phi) is 5.79. The van der Waals surface area contributed by atoms with Crippen LogP contribution < -0.4 is 0 Å². The van der Waals surface area contributed by atoms with Crippen LogP contribution in [0.5, 0.6) is 0 Å². The zero-order valence-electron chi connectivity index (χ0n) is 12.3. The van der Waals surface area contributed by atoms with Crippen LogP contribution in [0.3, 0.4) is 0 Å². The number of terminal acetylenes is 1. The summed E-state index contributed by atoms with van der Waals surface area (Å²) in [6.45, 7) is 6.07. The van der Waals surface area contributed by atoms with Crippen molar-refractivity contribution in [3.63, 3.8) is 0 Å². The molecule has 1 aromatic carbocycles. The second kappa shape index (κ2) is 7.12. The van der Waals surface area contributed by atoms with Crippen molar-refractivity contribution in [1.29, 1.82) is 0 Å². The molecular weight excluding hydrogens is 252 g/mol. The fourth-order valence-electron chi connectivity index (χ4n) is 1.98. The fraction of sp³-hybridized carbons (Fsp3) is 0.471. The summed E-state index contributed by atoms with van der Waals surface area (Å²) in [6, 6.07) is 7.63. The maximum absolute atomic E-state index is 11.4. The van der Waals surface area contributed by atoms with E-state index in [1.54, 1.807) is 0 Å². The minimum Gasteiger partial charge on any atom is -0.481 e. The molecule has 0 aliphatic heterocycles. The Bertz CT molecular complexity index is 497. The topological polar surface area (TPSA) is 46.5 Å². The molecule has 0 amide bonds. The molecule has 1 rings (SSSR count). The molecule has 108 valence electrons. The number of carboxylic acid groups (broad SMARTS) is 1. The number of hydrogen-bond donors (Lipinski definition) is 1. The van der Waals surface area contributed by atoms with E-state index in [0.29, 0.717) is 19.4 Å². The van der Waals surface area contributed by atoms with Gasteiger partial charge in [0.15, 0.2) is 0 Å². The van der Waals surface area contributed by atoms with Gasteiger partial charge in [0.1, 0.15) is 5.60 Å². The van der Waals surface area contributed by atoms with E-state index in [9.17, 15) is 9.90 Å². The lowest BCUT2D eigenvalue weighted by Gasteiger charge is -2.19. The zero-order valence-corrected chi connectivity index (χ0v) is 12.3. The van der Waals surface area contributed by atoms with E-state index in [-0.39, 0.29) is 0 Å². The molecule has 20 heavy (non-hydrogen) atoms. The SMILES string of the molecule is C#CC(C)(C)OCCCC(C(=O)O)c1cccc(C)c1. The van der Waals surface area contributed by atoms with Gasteiger partial charge >= 0.3 is 5.97 Å². The van der Waals surface area contributed by atoms with Gasteiger partial charge in [-0.15, -0.1) is 6.42 Å². The molecule has 0 spiro atoms. The molecule has 0 saturated heterocycles. The molecule has 0 aromatic heterocycles. The van der Waals surface area contributed by atoms with Crippen molar-refractivity contribution in [2.24, 2.45) is 0 Å². The molecule has 0 radical (unpaired) electrons. The van der Waals surface area contributed by atoms with Crippen molar-refractivity contribution in [1.82, 2.24) is 0 Å². The average Bonchev–Trinajstić information content (AvgIpc) is 2.38. The van der Waals surface area contributed by atoms with Crippen LogP contribution in [-0.4, -0.2) is 23.3 Å². The summed E-state index contributed by atoms with van der Waals surface area (Å²) in [7, 11) is 0. The summed E-state index contributed by atoms with van der Waals surface area (Å²) in [5, 5.41) is 9.35. The van der Waals surface area contributed by atoms with Crippen LogP contribution in [0.25, 0.3) is 0 Å². The number of rotatable bonds is 7. The molecule has 0 fully saturated rings. The number of carboxylic acids is 1. The average molecular weight is 274 g/mol. The lowest BCUT2D eigenvalue weighted by atomic mass is 9.93. The van der Waals surface area contributed by atoms with Gasteiger partial charge in [-0.1, -0.05) is 35.7 Å². The Balaban J connectivity index is 2.58. The standard InChI is InChI=1S/C17H22O3/c1-5-17(3,4)20-11-7-10-15(16(18)19)14-9-6-8-13(2)12-14/h1,6,8-9,12,15H,7,10-11H2,2-4H3,(H,18,19). The first kappa shape index (κ1) is 16.3. The third kappa shape index (κ3) is 5.07. The molecule has 3 heteroatoms. The first-order valence-electron chi connectivity index (χ1n) is 6.77. The van der Waals surface area contributed by atoms with E-state index in [2.05, 4.69) is 5.92 Å². The fourth-order valence-corrected chi connectivity index (χ4v) is 1.98. The van der Waals surface area contributed by atoms with E-state index in [4.69, 9.17) is 11.2 Å². The monoisotopic (exact) mass is 274 g/mol. The minimum absolute atomic E-state index is 0.465. The summed E-state index contributed by atoms with van der Waals surface area (Å²) in [4.78, 5) is 11.4. The Labute approximate surface area is 121 Å². The van der Waals surface area contributed by atoms with Gasteiger partial charge in [-0.25, -0.2) is 0 Å². The molecule has 0 bridgehead atoms. The molecule has 1 aromatic rings. The molecule has 0 saturated carbocycles. The molecule has 1 atom stereocenters. The Morgan fingerprint density at radius 2 is 2.20 bits per heavy atom. The van der Waals surface area contributed by atoms with Gasteiger partial charge in [-0.3, -0.25) is 4.79 Å². The lowest BCUT2D eigenvalue weighted by Crippen LogP contribution is -2.22. The van der Waals surface area contributed by atoms with E-state index in [1.807, 2.05) is 45.0 Å². The lowest BCUT2D eigenvalue weighted by molar-refractivity contribution is -0.139. The van der Waals surface area contributed by atoms with Crippen molar-refractivity contribution < 1.29 is 14.6 Å². The smallest absolute Gasteiger partial charge is 0.310 e. The number of hydrogen-bond acceptors (Lipinski definition) is 2. The van der Waals surface area contributed by atoms with Gasteiger partial charge in [0.05, 0.1) is 5.92 Å². The highest BCUT2D eigenvalue weighted by molar-refractivity contribution is 5.76. The van der Waals surface area contributed by atoms with Crippen molar-refractivity contribution in [3.8, 4) is 12.3 Å². The summed E-state index contributed by atoms with van der Waals surface area (Å²) >= 11 is 0. The predicted octanol–water partition coefficient (Wildman–Crippen LogP) is 3.37. The number of carbonyl (C=O) groups is 1. The molecular formula is C17H22O3. The van der Waals surface area contributed by atoms with E-state index < -0.39 is 17.5 Å². The van der Waals surface area contributed by atoms with Crippen molar-refractivity contribution >= 4 is 5.97 Å². The quantitative estimate of drug-likeness (QED) is 0.612. The predicted molar refractivity (Wildman–Crippen MR) is 79.7 cm³/mol. The van der Waals surface area contributed by atoms with Gasteiger partial charge in [-0.2, -0.15) is 0 Å². The number of aliphatic carboxylic acids is 1. The number of ether oxygens (including phenoxy) is 1. The molecule has 0 heterocycles. The Hall–Kier alpha value is -1.79. The van der Waals surface area contributed by atoms with E-state index >= 15 is 0 Å². The Morgan fingerprint density at radius 3 is 2.75 bits per heavy atom. The third-order valence-corrected chi connectivity index (χ3v) is 3.19. The minimum atomic E-state index is -0.799. The second-order valence-corrected chi connectivity index (χ2v) is 5.45. The van der Waals surface area contributed by atoms with Crippen LogP contribution in [0, 0.1) is 19.3 Å². The van der Waals surface area contributed by atoms with Gasteiger partial charge in [0, 0.05) is 6.61 Å². The highest BCUT2D eigenvalue weighted by atomic mass is 16.5. The van der Waals surface area contributed by atoms with Crippen LogP contribution in [0.15, 0.2) is 24.3 Å². The van der Waals surface area contributed by atoms with Crippen LogP contribution in [0.4, 0.5) is 0 Å². The van der Waals surface area contributed by atoms with E-state index in [1.165, 1.54) is 0 Å². The first-order valence-corrected chi connectivity index (χ1v) is 6.77. The van der Waals surface area contributed by atoms with Crippen molar-refractivity contribution in [3.05, 3.63) is 35.4 Å². The molecule has 1 N–H and O–H groups in total. The number of aryl methyl sites for hydroxylation is 1. The summed E-state index contributed by atoms with van der Waals surface area (Å²) in [5.41, 5.74) is 1.31. The number of benzene rings is 1. The summed E-state index contributed by atoms with van der Waals surface area (Å²) in [6.07, 6.45) is 6.54. The first-order chi connectivity index (χ1) is 9.35. The highest BCUT2D eigenvalue weighted by Gasteiger charge is 2.20. The third-order valence-electron chi connectivity index (χ3n) is 3.19. The maximum atomic E-state index is 11.4. The van der Waals surface area contributed by atoms with Gasteiger partial charge in [0.25, 0.3) is 0 Å². The van der Waals surface area contributed by atoms with Crippen LogP contribution >= 0.6 is 0 Å². The van der Waals surface area contributed by atoms with Crippen molar-refractivity contribution in [2.45, 2.75) is 45.1 Å². The van der Waals surface area contributed by atoms with Crippen LogP contribution in [-0.2, 0) is 9.53 Å². The van der Waals surface area contributed by atoms with Gasteiger partial charge < -0.3 is 9.84 Å². The molecule has 0 aliphatic carbocycles.